The van der Waals surface area contributed by atoms with Crippen molar-refractivity contribution in [2.75, 3.05) is 47.4 Å². The molecule has 4 amide bonds. The lowest BCUT2D eigenvalue weighted by molar-refractivity contribution is -0.140. The number of benzene rings is 4. The monoisotopic (exact) mass is 952 g/mol. The number of hydrogen-bond donors (Lipinski definition) is 5. The predicted octanol–water partition coefficient (Wildman–Crippen LogP) is 5.16. The molecular weight excluding hydrogens is 889 g/mol. The van der Waals surface area contributed by atoms with Gasteiger partial charge in [-0.05, 0) is 118 Å². The van der Waals surface area contributed by atoms with Crippen LogP contribution in [-0.4, -0.2) is 125 Å². The number of fused-ring (bicyclic) bond motifs is 1. The van der Waals surface area contributed by atoms with Gasteiger partial charge < -0.3 is 39.8 Å². The Morgan fingerprint density at radius 2 is 1.69 bits per heavy atom. The number of aliphatic hydroxyl groups excluding tert-OH is 1. The predicted molar refractivity (Wildman–Crippen MR) is 260 cm³/mol. The molecule has 5 N–H and O–H groups in total. The normalized spacial score (nSPS) is 20.1. The van der Waals surface area contributed by atoms with Crippen LogP contribution in [0.2, 0.25) is 0 Å². The van der Waals surface area contributed by atoms with Gasteiger partial charge in [0.1, 0.15) is 41.5 Å². The minimum Gasteiger partial charge on any atom is -0.497 e. The third-order valence-corrected chi connectivity index (χ3v) is 13.4. The van der Waals surface area contributed by atoms with E-state index in [9.17, 15) is 32.7 Å². The van der Waals surface area contributed by atoms with E-state index in [0.29, 0.717) is 24.5 Å². The van der Waals surface area contributed by atoms with Crippen molar-refractivity contribution in [3.05, 3.63) is 115 Å². The topological polar surface area (TPSA) is 205 Å². The van der Waals surface area contributed by atoms with E-state index in [0.717, 1.165) is 27.5 Å². The van der Waals surface area contributed by atoms with Crippen LogP contribution in [0.25, 0.3) is 21.9 Å². The molecular formula is C51H64N6O10S. The fourth-order valence-electron chi connectivity index (χ4n) is 8.45. The molecule has 4 aromatic rings. The van der Waals surface area contributed by atoms with E-state index in [2.05, 4.69) is 34.2 Å². The van der Waals surface area contributed by atoms with E-state index in [1.807, 2.05) is 73.6 Å². The van der Waals surface area contributed by atoms with Gasteiger partial charge in [0.15, 0.2) is 0 Å². The zero-order valence-corrected chi connectivity index (χ0v) is 40.6. The number of hydrogen-bond acceptors (Lipinski definition) is 12. The van der Waals surface area contributed by atoms with Crippen LogP contribution >= 0.6 is 0 Å². The summed E-state index contributed by atoms with van der Waals surface area (Å²) in [5.74, 6) is -1.38. The second kappa shape index (κ2) is 21.8. The standard InChI is InChI=1S/C51H64N6O10S/c1-9-34-29-51(34,48(61)55-68(63,64)37-20-15-12-16-21-37)32-53-46(59)43-27-36(31-57(43)47(60)42(54-49(62)67-50(3,4)5)30-52-45(58)22-17-25-56(6)7)66-44-28-40(33-18-13-11-14-19-33)38(10-2)41-26-35(65-8)23-24-39(41)44/h9,11-24,26,28,34,36,42-43,45,52,58H,1,10,25,27,29-32H2,2-8H3,(H,53,59)(H,54,62)(H,55,61). The SMILES string of the molecule is C=CC1CC1(CNC(=O)C1CC(Oc2cc(-c3ccccc3)c(CC)c3cc(OC)ccc23)CN1C(=O)C(CNC(O)C=CCN(C)C)NC(=O)OC(C)(C)C)C(=O)NS(=O)(=O)c1ccccc1. The number of aliphatic hydroxyl groups is 1. The van der Waals surface area contributed by atoms with Gasteiger partial charge >= 0.3 is 6.09 Å². The average molecular weight is 953 g/mol. The van der Waals surface area contributed by atoms with E-state index in [4.69, 9.17) is 14.2 Å². The van der Waals surface area contributed by atoms with Crippen molar-refractivity contribution in [1.29, 1.82) is 0 Å². The van der Waals surface area contributed by atoms with Gasteiger partial charge in [0.25, 0.3) is 10.0 Å². The molecule has 6 atom stereocenters. The molecule has 4 aromatic carbocycles. The minimum atomic E-state index is -4.24. The molecule has 2 aliphatic rings. The number of likely N-dealkylation sites (N-methyl/N-ethyl adjacent to an activating group) is 1. The molecule has 17 heteroatoms. The number of nitrogens with zero attached hydrogens (tertiary/aromatic N) is 2. The maximum absolute atomic E-state index is 14.9. The number of nitrogens with one attached hydrogen (secondary N) is 4. The van der Waals surface area contributed by atoms with Crippen molar-refractivity contribution < 1.29 is 46.9 Å². The Balaban J connectivity index is 1.34. The number of sulfonamides is 1. The Kier molecular flexibility index (Phi) is 16.4. The van der Waals surface area contributed by atoms with Crippen LogP contribution in [0.3, 0.4) is 0 Å². The number of amides is 4. The van der Waals surface area contributed by atoms with Crippen molar-refractivity contribution in [2.45, 2.75) is 81.9 Å². The zero-order valence-electron chi connectivity index (χ0n) is 39.8. The number of alkyl carbamates (subject to hydrolysis) is 1. The number of likely N-dealkylation sites (tertiary alicyclic amines) is 1. The molecule has 0 spiro atoms. The summed E-state index contributed by atoms with van der Waals surface area (Å²) in [4.78, 5) is 59.8. The highest BCUT2D eigenvalue weighted by molar-refractivity contribution is 7.90. The zero-order chi connectivity index (χ0) is 49.4. The molecule has 1 aliphatic heterocycles. The van der Waals surface area contributed by atoms with Gasteiger partial charge in [0.05, 0.1) is 24.0 Å². The lowest BCUT2D eigenvalue weighted by Gasteiger charge is -2.30. The number of aryl methyl sites for hydroxylation is 1. The van der Waals surface area contributed by atoms with E-state index in [-0.39, 0.29) is 37.4 Å². The first kappa shape index (κ1) is 51.1. The van der Waals surface area contributed by atoms with Crippen molar-refractivity contribution in [1.82, 2.24) is 30.5 Å². The maximum Gasteiger partial charge on any atom is 0.408 e. The Morgan fingerprint density at radius 1 is 1.00 bits per heavy atom. The van der Waals surface area contributed by atoms with Crippen molar-refractivity contribution in [3.8, 4) is 22.6 Å². The highest BCUT2D eigenvalue weighted by atomic mass is 32.2. The fraction of sp³-hybridized carbons (Fsp3) is 0.412. The van der Waals surface area contributed by atoms with E-state index < -0.39 is 75.2 Å². The lowest BCUT2D eigenvalue weighted by Crippen LogP contribution is -2.58. The first-order valence-electron chi connectivity index (χ1n) is 22.7. The lowest BCUT2D eigenvalue weighted by atomic mass is 9.92. The van der Waals surface area contributed by atoms with E-state index in [1.165, 1.54) is 23.1 Å². The number of ether oxygens (including phenoxy) is 3. The molecule has 6 rings (SSSR count). The Hall–Kier alpha value is -6.27. The highest BCUT2D eigenvalue weighted by Crippen LogP contribution is 2.53. The van der Waals surface area contributed by atoms with Crippen LogP contribution in [0.15, 0.2) is 115 Å². The molecule has 1 heterocycles. The summed E-state index contributed by atoms with van der Waals surface area (Å²) < 4.78 is 46.7. The summed E-state index contributed by atoms with van der Waals surface area (Å²) >= 11 is 0. The molecule has 16 nitrogen and oxygen atoms in total. The largest absolute Gasteiger partial charge is 0.497 e. The summed E-state index contributed by atoms with van der Waals surface area (Å²) in [5, 5.41) is 20.9. The molecule has 2 fully saturated rings. The van der Waals surface area contributed by atoms with Crippen molar-refractivity contribution in [3.63, 3.8) is 0 Å². The summed E-state index contributed by atoms with van der Waals surface area (Å²) in [6.45, 7) is 10.9. The van der Waals surface area contributed by atoms with Crippen LogP contribution in [-0.2, 0) is 35.6 Å². The fourth-order valence-corrected chi connectivity index (χ4v) is 9.53. The van der Waals surface area contributed by atoms with Crippen LogP contribution in [0, 0.1) is 11.3 Å². The molecule has 364 valence electrons. The Morgan fingerprint density at radius 3 is 2.31 bits per heavy atom. The first-order valence-corrected chi connectivity index (χ1v) is 24.2. The number of carbonyl (C=O) groups is 4. The van der Waals surface area contributed by atoms with Gasteiger partial charge in [-0.3, -0.25) is 19.7 Å². The number of methoxy groups -OCH3 is 1. The molecule has 1 saturated carbocycles. The molecule has 6 unspecified atom stereocenters. The number of allylic oxidation sites excluding steroid dienone is 1. The maximum atomic E-state index is 14.9. The van der Waals surface area contributed by atoms with Gasteiger partial charge in [-0.15, -0.1) is 6.58 Å². The van der Waals surface area contributed by atoms with Crippen LogP contribution in [0.1, 0.15) is 46.1 Å². The van der Waals surface area contributed by atoms with Crippen molar-refractivity contribution in [2.24, 2.45) is 11.3 Å². The number of rotatable bonds is 20. The summed E-state index contributed by atoms with van der Waals surface area (Å²) in [7, 11) is 1.11. The highest BCUT2D eigenvalue weighted by Gasteiger charge is 2.59. The van der Waals surface area contributed by atoms with Crippen LogP contribution < -0.4 is 30.1 Å². The molecule has 1 aliphatic carbocycles. The molecule has 1 saturated heterocycles. The quantitative estimate of drug-likeness (QED) is 0.0576. The van der Waals surface area contributed by atoms with Gasteiger partial charge in [-0.1, -0.05) is 67.6 Å². The average Bonchev–Trinajstić information content (AvgIpc) is 3.89. The first-order chi connectivity index (χ1) is 32.3. The Bertz CT molecular complexity index is 2600. The summed E-state index contributed by atoms with van der Waals surface area (Å²) in [6.07, 6.45) is 2.89. The van der Waals surface area contributed by atoms with Gasteiger partial charge in [0, 0.05) is 31.4 Å². The van der Waals surface area contributed by atoms with Gasteiger partial charge in [0.2, 0.25) is 17.7 Å². The minimum absolute atomic E-state index is 0.000372. The molecule has 0 radical (unpaired) electrons. The molecule has 68 heavy (non-hydrogen) atoms. The number of carbonyl (C=O) groups excluding carboxylic acids is 4. The summed E-state index contributed by atoms with van der Waals surface area (Å²) in [5.41, 5.74) is 0.733. The summed E-state index contributed by atoms with van der Waals surface area (Å²) in [6, 6.07) is 22.5. The van der Waals surface area contributed by atoms with Crippen LogP contribution in [0.4, 0.5) is 4.79 Å². The Labute approximate surface area is 399 Å². The smallest absolute Gasteiger partial charge is 0.408 e. The van der Waals surface area contributed by atoms with Crippen molar-refractivity contribution >= 4 is 44.6 Å². The molecule has 0 bridgehead atoms. The third-order valence-electron chi connectivity index (χ3n) is 12.0. The second-order valence-corrected chi connectivity index (χ2v) is 20.1. The second-order valence-electron chi connectivity index (χ2n) is 18.4. The van der Waals surface area contributed by atoms with Crippen LogP contribution in [0.5, 0.6) is 11.5 Å². The van der Waals surface area contributed by atoms with E-state index >= 15 is 0 Å². The van der Waals surface area contributed by atoms with Gasteiger partial charge in [-0.2, -0.15) is 0 Å². The third kappa shape index (κ3) is 12.4. The van der Waals surface area contributed by atoms with Gasteiger partial charge in [-0.25, -0.2) is 17.9 Å². The van der Waals surface area contributed by atoms with E-state index in [1.54, 1.807) is 58.2 Å². The molecule has 0 aromatic heterocycles.